The number of nitriles is 1. The molecule has 4 nitrogen and oxygen atoms in total. The van der Waals surface area contributed by atoms with E-state index in [2.05, 4.69) is 6.07 Å². The van der Waals surface area contributed by atoms with E-state index in [1.807, 2.05) is 32.9 Å². The van der Waals surface area contributed by atoms with Crippen LogP contribution in [0.1, 0.15) is 28.7 Å². The summed E-state index contributed by atoms with van der Waals surface area (Å²) in [5.74, 6) is -0.787. The van der Waals surface area contributed by atoms with Gasteiger partial charge in [0.1, 0.15) is 5.76 Å². The largest absolute Gasteiger partial charge is 0.511 e. The molecule has 2 heterocycles. The molecular formula is C19H19NO3. The van der Waals surface area contributed by atoms with Gasteiger partial charge in [0.25, 0.3) is 0 Å². The fraction of sp³-hybridized carbons (Fsp3) is 0.474. The summed E-state index contributed by atoms with van der Waals surface area (Å²) < 4.78 is 5.81. The molecule has 0 radical (unpaired) electrons. The van der Waals surface area contributed by atoms with Crippen molar-refractivity contribution in [1.82, 2.24) is 0 Å². The molecule has 1 unspecified atom stereocenters. The maximum atomic E-state index is 13.0. The van der Waals surface area contributed by atoms with Gasteiger partial charge in [-0.2, -0.15) is 5.26 Å². The van der Waals surface area contributed by atoms with Crippen LogP contribution in [-0.4, -0.2) is 23.1 Å². The highest BCUT2D eigenvalue weighted by molar-refractivity contribution is 6.26. The summed E-state index contributed by atoms with van der Waals surface area (Å²) in [7, 11) is 0. The van der Waals surface area contributed by atoms with Crippen LogP contribution in [0.15, 0.2) is 17.9 Å². The molecule has 4 rings (SSSR count). The number of hydrogen-bond acceptors (Lipinski definition) is 4. The van der Waals surface area contributed by atoms with E-state index in [1.54, 1.807) is 0 Å². The lowest BCUT2D eigenvalue weighted by atomic mass is 9.75. The summed E-state index contributed by atoms with van der Waals surface area (Å²) >= 11 is 0. The van der Waals surface area contributed by atoms with Gasteiger partial charge in [-0.3, -0.25) is 4.79 Å². The van der Waals surface area contributed by atoms with Gasteiger partial charge in [-0.05, 0) is 43.9 Å². The summed E-state index contributed by atoms with van der Waals surface area (Å²) in [5, 5.41) is 20.1. The number of nitrogens with zero attached hydrogens (tertiary/aromatic N) is 1. The van der Waals surface area contributed by atoms with E-state index in [0.717, 1.165) is 22.3 Å². The number of carbonyl (C=O) groups excluding carboxylic acids is 1. The predicted molar refractivity (Wildman–Crippen MR) is 84.6 cm³/mol. The zero-order valence-corrected chi connectivity index (χ0v) is 13.5. The quantitative estimate of drug-likeness (QED) is 0.865. The summed E-state index contributed by atoms with van der Waals surface area (Å²) in [5.41, 5.74) is 4.44. The van der Waals surface area contributed by atoms with E-state index in [-0.39, 0.29) is 41.5 Å². The molecule has 1 aromatic rings. The van der Waals surface area contributed by atoms with E-state index >= 15 is 0 Å². The van der Waals surface area contributed by atoms with E-state index in [9.17, 15) is 15.2 Å². The van der Waals surface area contributed by atoms with Gasteiger partial charge in [-0.1, -0.05) is 17.7 Å². The molecule has 2 aliphatic heterocycles. The highest BCUT2D eigenvalue weighted by atomic mass is 16.5. The van der Waals surface area contributed by atoms with E-state index in [4.69, 9.17) is 4.74 Å². The Morgan fingerprint density at radius 1 is 1.22 bits per heavy atom. The van der Waals surface area contributed by atoms with Crippen LogP contribution in [0.4, 0.5) is 0 Å². The van der Waals surface area contributed by atoms with Gasteiger partial charge >= 0.3 is 0 Å². The number of fused-ring (bicyclic) bond motifs is 5. The first kappa shape index (κ1) is 14.5. The molecule has 2 bridgehead atoms. The summed E-state index contributed by atoms with van der Waals surface area (Å²) in [6, 6.07) is 6.33. The lowest BCUT2D eigenvalue weighted by molar-refractivity contribution is -0.118. The lowest BCUT2D eigenvalue weighted by Gasteiger charge is -2.23. The van der Waals surface area contributed by atoms with Crippen molar-refractivity contribution in [1.29, 1.82) is 5.26 Å². The summed E-state index contributed by atoms with van der Waals surface area (Å²) in [6.45, 7) is 5.97. The SMILES string of the molecule is Cc1cc(C)c(C2=C(O)[C@H]3[C@@H](C2=O)[C@@H]2CC(C#N)[C@H]3O2)c(C)c1. The second-order valence-corrected chi connectivity index (χ2v) is 7.06. The second kappa shape index (κ2) is 4.69. The van der Waals surface area contributed by atoms with Crippen LogP contribution >= 0.6 is 0 Å². The molecule has 2 fully saturated rings. The van der Waals surface area contributed by atoms with Crippen LogP contribution in [0.25, 0.3) is 5.57 Å². The average molecular weight is 309 g/mol. The third-order valence-corrected chi connectivity index (χ3v) is 5.57. The number of aliphatic hydroxyl groups excluding tert-OH is 1. The lowest BCUT2D eigenvalue weighted by Crippen LogP contribution is -2.33. The minimum absolute atomic E-state index is 0.0218. The zero-order valence-electron chi connectivity index (χ0n) is 13.5. The topological polar surface area (TPSA) is 70.3 Å². The Labute approximate surface area is 135 Å². The number of aliphatic hydroxyl groups is 1. The monoisotopic (exact) mass is 309 g/mol. The van der Waals surface area contributed by atoms with Crippen molar-refractivity contribution in [2.45, 2.75) is 39.4 Å². The molecule has 0 saturated carbocycles. The van der Waals surface area contributed by atoms with Crippen molar-refractivity contribution >= 4 is 11.4 Å². The number of hydrogen-bond donors (Lipinski definition) is 1. The van der Waals surface area contributed by atoms with Crippen LogP contribution in [0, 0.1) is 49.9 Å². The summed E-state index contributed by atoms with van der Waals surface area (Å²) in [4.78, 5) is 13.0. The Morgan fingerprint density at radius 2 is 1.87 bits per heavy atom. The molecule has 118 valence electrons. The Balaban J connectivity index is 1.85. The number of benzene rings is 1. The van der Waals surface area contributed by atoms with Gasteiger partial charge in [0.2, 0.25) is 0 Å². The first-order valence-corrected chi connectivity index (χ1v) is 8.04. The van der Waals surface area contributed by atoms with E-state index < -0.39 is 0 Å². The van der Waals surface area contributed by atoms with Gasteiger partial charge in [-0.15, -0.1) is 0 Å². The number of ketones is 1. The molecule has 0 aromatic heterocycles. The van der Waals surface area contributed by atoms with Crippen molar-refractivity contribution in [3.05, 3.63) is 40.1 Å². The highest BCUT2D eigenvalue weighted by Gasteiger charge is 2.62. The molecule has 5 atom stereocenters. The normalized spacial score (nSPS) is 34.9. The number of Topliss-reactive ketones (excluding diaryl/α,β-unsaturated/α-hetero) is 1. The van der Waals surface area contributed by atoms with Gasteiger partial charge in [0.15, 0.2) is 5.78 Å². The van der Waals surface area contributed by atoms with Crippen molar-refractivity contribution in [2.24, 2.45) is 17.8 Å². The Morgan fingerprint density at radius 3 is 2.48 bits per heavy atom. The van der Waals surface area contributed by atoms with E-state index in [1.165, 1.54) is 0 Å². The first-order valence-electron chi connectivity index (χ1n) is 8.04. The molecule has 3 aliphatic rings. The molecule has 1 aliphatic carbocycles. The highest BCUT2D eigenvalue weighted by Crippen LogP contribution is 2.55. The smallest absolute Gasteiger partial charge is 0.173 e. The van der Waals surface area contributed by atoms with Gasteiger partial charge < -0.3 is 9.84 Å². The van der Waals surface area contributed by atoms with Gasteiger partial charge in [0.05, 0.1) is 41.6 Å². The molecule has 23 heavy (non-hydrogen) atoms. The number of allylic oxidation sites excluding steroid dienone is 1. The second-order valence-electron chi connectivity index (χ2n) is 7.06. The molecule has 1 aromatic carbocycles. The van der Waals surface area contributed by atoms with Crippen LogP contribution in [0.3, 0.4) is 0 Å². The van der Waals surface area contributed by atoms with Gasteiger partial charge in [-0.25, -0.2) is 0 Å². The standard InChI is InChI=1S/C19H19NO3/c1-8-4-9(2)13(10(3)5-8)15-17(21)14-12-6-11(7-20)19(23-12)16(14)18(15)22/h4-5,11-12,14,16,19,22H,6H2,1-3H3/t11?,12-,14-,16+,19+/m0/s1. The fourth-order valence-corrected chi connectivity index (χ4v) is 4.81. The van der Waals surface area contributed by atoms with Crippen molar-refractivity contribution in [3.8, 4) is 6.07 Å². The third-order valence-electron chi connectivity index (χ3n) is 5.57. The predicted octanol–water partition coefficient (Wildman–Crippen LogP) is 3.01. The minimum atomic E-state index is -0.346. The Hall–Kier alpha value is -2.12. The molecule has 2 saturated heterocycles. The maximum absolute atomic E-state index is 13.0. The number of carbonyl (C=O) groups is 1. The number of aryl methyl sites for hydroxylation is 3. The average Bonchev–Trinajstić information content (AvgIpc) is 3.12. The fourth-order valence-electron chi connectivity index (χ4n) is 4.81. The Kier molecular flexibility index (Phi) is 2.95. The molecule has 4 heteroatoms. The van der Waals surface area contributed by atoms with Crippen LogP contribution in [0.5, 0.6) is 0 Å². The number of rotatable bonds is 1. The molecule has 0 spiro atoms. The molecule has 1 N–H and O–H groups in total. The maximum Gasteiger partial charge on any atom is 0.173 e. The third kappa shape index (κ3) is 1.77. The molecular weight excluding hydrogens is 290 g/mol. The Bertz CT molecular complexity index is 778. The van der Waals surface area contributed by atoms with Crippen molar-refractivity contribution < 1.29 is 14.6 Å². The minimum Gasteiger partial charge on any atom is -0.511 e. The van der Waals surface area contributed by atoms with Crippen molar-refractivity contribution in [3.63, 3.8) is 0 Å². The van der Waals surface area contributed by atoms with Crippen LogP contribution in [0.2, 0.25) is 0 Å². The summed E-state index contributed by atoms with van der Waals surface area (Å²) in [6.07, 6.45) is 0.0240. The van der Waals surface area contributed by atoms with Crippen LogP contribution < -0.4 is 0 Å². The van der Waals surface area contributed by atoms with Crippen molar-refractivity contribution in [2.75, 3.05) is 0 Å². The number of ether oxygens (including phenoxy) is 1. The molecule has 0 amide bonds. The van der Waals surface area contributed by atoms with E-state index in [0.29, 0.717) is 12.0 Å². The van der Waals surface area contributed by atoms with Crippen LogP contribution in [-0.2, 0) is 9.53 Å². The first-order chi connectivity index (χ1) is 10.9. The zero-order chi connectivity index (χ0) is 16.5. The van der Waals surface area contributed by atoms with Gasteiger partial charge in [0, 0.05) is 0 Å².